The van der Waals surface area contributed by atoms with Crippen molar-refractivity contribution in [3.05, 3.63) is 65.5 Å². The van der Waals surface area contributed by atoms with Gasteiger partial charge in [0.2, 0.25) is 0 Å². The SMILES string of the molecule is CCc1noc(-c2ccc(NC(=O)c3cccc(C)c3)cc2)n1. The fraction of sp³-hybridized carbons (Fsp3) is 0.167. The summed E-state index contributed by atoms with van der Waals surface area (Å²) in [6.45, 7) is 3.93. The van der Waals surface area contributed by atoms with Gasteiger partial charge in [-0.3, -0.25) is 4.79 Å². The second-order valence-electron chi connectivity index (χ2n) is 5.27. The molecule has 0 aliphatic carbocycles. The van der Waals surface area contributed by atoms with Gasteiger partial charge >= 0.3 is 0 Å². The first kappa shape index (κ1) is 15.0. The van der Waals surface area contributed by atoms with E-state index in [4.69, 9.17) is 4.52 Å². The number of anilines is 1. The van der Waals surface area contributed by atoms with Crippen LogP contribution in [0, 0.1) is 6.92 Å². The van der Waals surface area contributed by atoms with Crippen LogP contribution in [0.2, 0.25) is 0 Å². The monoisotopic (exact) mass is 307 g/mol. The van der Waals surface area contributed by atoms with Gasteiger partial charge in [-0.1, -0.05) is 29.8 Å². The zero-order chi connectivity index (χ0) is 16.2. The number of aromatic nitrogens is 2. The summed E-state index contributed by atoms with van der Waals surface area (Å²) in [5.41, 5.74) is 3.23. The molecule has 3 rings (SSSR count). The van der Waals surface area contributed by atoms with Gasteiger partial charge < -0.3 is 9.84 Å². The molecule has 0 aliphatic heterocycles. The number of hydrogen-bond donors (Lipinski definition) is 1. The summed E-state index contributed by atoms with van der Waals surface area (Å²) < 4.78 is 5.20. The van der Waals surface area contributed by atoms with Gasteiger partial charge in [-0.05, 0) is 43.3 Å². The smallest absolute Gasteiger partial charge is 0.257 e. The van der Waals surface area contributed by atoms with E-state index in [-0.39, 0.29) is 5.91 Å². The Labute approximate surface area is 134 Å². The van der Waals surface area contributed by atoms with Crippen LogP contribution in [0.5, 0.6) is 0 Å². The molecule has 0 fully saturated rings. The van der Waals surface area contributed by atoms with Gasteiger partial charge in [-0.2, -0.15) is 4.98 Å². The minimum atomic E-state index is -0.132. The lowest BCUT2D eigenvalue weighted by Crippen LogP contribution is -2.11. The average Bonchev–Trinajstić information content (AvgIpc) is 3.04. The average molecular weight is 307 g/mol. The van der Waals surface area contributed by atoms with Crippen LogP contribution in [0.25, 0.3) is 11.5 Å². The van der Waals surface area contributed by atoms with Gasteiger partial charge in [0, 0.05) is 23.2 Å². The number of benzene rings is 2. The molecule has 1 N–H and O–H groups in total. The molecule has 0 bridgehead atoms. The summed E-state index contributed by atoms with van der Waals surface area (Å²) in [7, 11) is 0. The van der Waals surface area contributed by atoms with Crippen LogP contribution in [0.15, 0.2) is 53.1 Å². The first-order chi connectivity index (χ1) is 11.2. The van der Waals surface area contributed by atoms with E-state index >= 15 is 0 Å². The summed E-state index contributed by atoms with van der Waals surface area (Å²) in [6, 6.07) is 14.8. The van der Waals surface area contributed by atoms with Crippen LogP contribution >= 0.6 is 0 Å². The van der Waals surface area contributed by atoms with Crippen molar-refractivity contribution in [2.24, 2.45) is 0 Å². The van der Waals surface area contributed by atoms with E-state index < -0.39 is 0 Å². The Hall–Kier alpha value is -2.95. The van der Waals surface area contributed by atoms with Crippen LogP contribution in [0.4, 0.5) is 5.69 Å². The zero-order valence-electron chi connectivity index (χ0n) is 13.0. The number of amides is 1. The van der Waals surface area contributed by atoms with Gasteiger partial charge in [-0.15, -0.1) is 0 Å². The van der Waals surface area contributed by atoms with E-state index in [2.05, 4.69) is 15.5 Å². The third-order valence-corrected chi connectivity index (χ3v) is 3.45. The Bertz CT molecular complexity index is 822. The molecule has 0 saturated carbocycles. The van der Waals surface area contributed by atoms with E-state index in [1.165, 1.54) is 0 Å². The van der Waals surface area contributed by atoms with Crippen molar-refractivity contribution in [1.82, 2.24) is 10.1 Å². The standard InChI is InChI=1S/C18H17N3O2/c1-3-16-20-18(23-21-16)13-7-9-15(10-8-13)19-17(22)14-6-4-5-12(2)11-14/h4-11H,3H2,1-2H3,(H,19,22). The lowest BCUT2D eigenvalue weighted by molar-refractivity contribution is 0.102. The maximum Gasteiger partial charge on any atom is 0.257 e. The Morgan fingerprint density at radius 2 is 1.96 bits per heavy atom. The number of aryl methyl sites for hydroxylation is 2. The Kier molecular flexibility index (Phi) is 4.19. The molecule has 2 aromatic carbocycles. The van der Waals surface area contributed by atoms with Crippen molar-refractivity contribution >= 4 is 11.6 Å². The van der Waals surface area contributed by atoms with Gasteiger partial charge in [0.25, 0.3) is 11.8 Å². The largest absolute Gasteiger partial charge is 0.334 e. The third-order valence-electron chi connectivity index (χ3n) is 3.45. The summed E-state index contributed by atoms with van der Waals surface area (Å²) in [5.74, 6) is 1.03. The van der Waals surface area contributed by atoms with Gasteiger partial charge in [0.1, 0.15) is 0 Å². The molecule has 5 heteroatoms. The number of hydrogen-bond acceptors (Lipinski definition) is 4. The molecule has 0 atom stereocenters. The molecule has 1 heterocycles. The van der Waals surface area contributed by atoms with Crippen LogP contribution in [-0.4, -0.2) is 16.0 Å². The van der Waals surface area contributed by atoms with Crippen molar-refractivity contribution in [2.45, 2.75) is 20.3 Å². The molecule has 0 spiro atoms. The quantitative estimate of drug-likeness (QED) is 0.794. The highest BCUT2D eigenvalue weighted by Crippen LogP contribution is 2.20. The minimum Gasteiger partial charge on any atom is -0.334 e. The predicted molar refractivity (Wildman–Crippen MR) is 88.2 cm³/mol. The van der Waals surface area contributed by atoms with Crippen LogP contribution in [-0.2, 0) is 6.42 Å². The van der Waals surface area contributed by atoms with Gasteiger partial charge in [-0.25, -0.2) is 0 Å². The molecule has 3 aromatic rings. The molecule has 0 unspecified atom stereocenters. The molecule has 116 valence electrons. The van der Waals surface area contributed by atoms with E-state index in [0.29, 0.717) is 17.3 Å². The van der Waals surface area contributed by atoms with E-state index in [1.54, 1.807) is 6.07 Å². The summed E-state index contributed by atoms with van der Waals surface area (Å²) >= 11 is 0. The second kappa shape index (κ2) is 6.44. The van der Waals surface area contributed by atoms with E-state index in [1.807, 2.05) is 56.3 Å². The maximum atomic E-state index is 12.2. The molecule has 1 amide bonds. The van der Waals surface area contributed by atoms with Crippen molar-refractivity contribution in [2.75, 3.05) is 5.32 Å². The Balaban J connectivity index is 1.73. The maximum absolute atomic E-state index is 12.2. The highest BCUT2D eigenvalue weighted by Gasteiger charge is 2.09. The molecule has 1 aromatic heterocycles. The molecular formula is C18H17N3O2. The molecule has 23 heavy (non-hydrogen) atoms. The first-order valence-electron chi connectivity index (χ1n) is 7.47. The molecule has 0 radical (unpaired) electrons. The van der Waals surface area contributed by atoms with Gasteiger partial charge in [0.15, 0.2) is 5.82 Å². The third kappa shape index (κ3) is 3.45. The van der Waals surface area contributed by atoms with Gasteiger partial charge in [0.05, 0.1) is 0 Å². The topological polar surface area (TPSA) is 68.0 Å². The number of carbonyl (C=O) groups is 1. The number of nitrogens with one attached hydrogen (secondary N) is 1. The second-order valence-corrected chi connectivity index (χ2v) is 5.27. The number of nitrogens with zero attached hydrogens (tertiary/aromatic N) is 2. The van der Waals surface area contributed by atoms with Crippen molar-refractivity contribution in [3.63, 3.8) is 0 Å². The van der Waals surface area contributed by atoms with Crippen LogP contribution in [0.1, 0.15) is 28.7 Å². The Morgan fingerprint density at radius 3 is 2.61 bits per heavy atom. The van der Waals surface area contributed by atoms with E-state index in [0.717, 1.165) is 23.2 Å². The highest BCUT2D eigenvalue weighted by molar-refractivity contribution is 6.04. The molecule has 0 aliphatic rings. The van der Waals surface area contributed by atoms with Crippen molar-refractivity contribution in [1.29, 1.82) is 0 Å². The fourth-order valence-corrected chi connectivity index (χ4v) is 2.20. The van der Waals surface area contributed by atoms with Crippen molar-refractivity contribution in [3.8, 4) is 11.5 Å². The fourth-order valence-electron chi connectivity index (χ4n) is 2.20. The highest BCUT2D eigenvalue weighted by atomic mass is 16.5. The predicted octanol–water partition coefficient (Wildman–Crippen LogP) is 3.86. The summed E-state index contributed by atoms with van der Waals surface area (Å²) in [6.07, 6.45) is 0.730. The molecule has 5 nitrogen and oxygen atoms in total. The normalized spacial score (nSPS) is 10.5. The molecule has 0 saturated heterocycles. The summed E-state index contributed by atoms with van der Waals surface area (Å²) in [4.78, 5) is 16.5. The Morgan fingerprint density at radius 1 is 1.17 bits per heavy atom. The minimum absolute atomic E-state index is 0.132. The van der Waals surface area contributed by atoms with Crippen LogP contribution < -0.4 is 5.32 Å². The van der Waals surface area contributed by atoms with E-state index in [9.17, 15) is 4.79 Å². The molecular weight excluding hydrogens is 290 g/mol. The van der Waals surface area contributed by atoms with Crippen LogP contribution in [0.3, 0.4) is 0 Å². The number of carbonyl (C=O) groups excluding carboxylic acids is 1. The lowest BCUT2D eigenvalue weighted by atomic mass is 10.1. The van der Waals surface area contributed by atoms with Crippen molar-refractivity contribution < 1.29 is 9.32 Å². The number of rotatable bonds is 4. The summed E-state index contributed by atoms with van der Waals surface area (Å²) in [5, 5.41) is 6.75. The first-order valence-corrected chi connectivity index (χ1v) is 7.47. The lowest BCUT2D eigenvalue weighted by Gasteiger charge is -2.06. The zero-order valence-corrected chi connectivity index (χ0v) is 13.0.